The Hall–Kier alpha value is -0.0400. The summed E-state index contributed by atoms with van der Waals surface area (Å²) in [7, 11) is 0. The molecule has 0 amide bonds. The molecule has 0 aromatic carbocycles. The highest BCUT2D eigenvalue weighted by atomic mass is 14.6. The lowest BCUT2D eigenvalue weighted by molar-refractivity contribution is 0.214. The maximum Gasteiger partial charge on any atom is 0.00389 e. The maximum atomic E-state index is 5.94. The standard InChI is InChI=1S/C11H23N/c1-11(2,3)9-5-4-6-10(12)8-7-9/h9-10H,4-8,12H2,1-3H3/t9-,10+/m0/s1. The molecule has 0 bridgehead atoms. The number of nitrogens with two attached hydrogens (primary N) is 1. The van der Waals surface area contributed by atoms with Crippen LogP contribution >= 0.6 is 0 Å². The van der Waals surface area contributed by atoms with Crippen LogP contribution in [0.3, 0.4) is 0 Å². The first-order chi connectivity index (χ1) is 5.50. The summed E-state index contributed by atoms with van der Waals surface area (Å²) in [5.74, 6) is 0.894. The predicted molar refractivity (Wildman–Crippen MR) is 54.0 cm³/mol. The summed E-state index contributed by atoms with van der Waals surface area (Å²) in [6, 6.07) is 0.484. The van der Waals surface area contributed by atoms with E-state index in [9.17, 15) is 0 Å². The van der Waals surface area contributed by atoms with Gasteiger partial charge in [-0.15, -0.1) is 0 Å². The Morgan fingerprint density at radius 2 is 1.67 bits per heavy atom. The zero-order chi connectivity index (χ0) is 9.19. The highest BCUT2D eigenvalue weighted by Gasteiger charge is 2.26. The maximum absolute atomic E-state index is 5.94. The third kappa shape index (κ3) is 2.78. The third-order valence-corrected chi connectivity index (χ3v) is 3.24. The third-order valence-electron chi connectivity index (χ3n) is 3.24. The lowest BCUT2D eigenvalue weighted by Gasteiger charge is -2.29. The van der Waals surface area contributed by atoms with Gasteiger partial charge in [-0.05, 0) is 37.0 Å². The Bertz CT molecular complexity index is 134. The van der Waals surface area contributed by atoms with Crippen molar-refractivity contribution in [3.05, 3.63) is 0 Å². The molecule has 2 atom stereocenters. The highest BCUT2D eigenvalue weighted by molar-refractivity contribution is 4.79. The Balaban J connectivity index is 2.46. The van der Waals surface area contributed by atoms with Gasteiger partial charge in [0.05, 0.1) is 0 Å². The molecule has 0 spiro atoms. The van der Waals surface area contributed by atoms with E-state index in [4.69, 9.17) is 5.73 Å². The van der Waals surface area contributed by atoms with Crippen LogP contribution in [0.25, 0.3) is 0 Å². The summed E-state index contributed by atoms with van der Waals surface area (Å²) < 4.78 is 0. The van der Waals surface area contributed by atoms with Gasteiger partial charge < -0.3 is 5.73 Å². The largest absolute Gasteiger partial charge is 0.328 e. The first-order valence-corrected chi connectivity index (χ1v) is 5.26. The van der Waals surface area contributed by atoms with Crippen molar-refractivity contribution >= 4 is 0 Å². The predicted octanol–water partition coefficient (Wildman–Crippen LogP) is 2.94. The molecule has 0 aromatic rings. The van der Waals surface area contributed by atoms with Crippen molar-refractivity contribution in [1.29, 1.82) is 0 Å². The molecule has 1 heteroatoms. The van der Waals surface area contributed by atoms with Gasteiger partial charge in [0.1, 0.15) is 0 Å². The smallest absolute Gasteiger partial charge is 0.00389 e. The molecule has 0 saturated heterocycles. The number of hydrogen-bond donors (Lipinski definition) is 1. The van der Waals surface area contributed by atoms with Crippen LogP contribution in [0, 0.1) is 11.3 Å². The quantitative estimate of drug-likeness (QED) is 0.554. The van der Waals surface area contributed by atoms with Crippen molar-refractivity contribution in [3.63, 3.8) is 0 Å². The van der Waals surface area contributed by atoms with Crippen LogP contribution in [0.5, 0.6) is 0 Å². The van der Waals surface area contributed by atoms with Crippen molar-refractivity contribution in [1.82, 2.24) is 0 Å². The van der Waals surface area contributed by atoms with Crippen LogP contribution in [0.4, 0.5) is 0 Å². The van der Waals surface area contributed by atoms with Crippen molar-refractivity contribution in [2.75, 3.05) is 0 Å². The van der Waals surface area contributed by atoms with Crippen LogP contribution in [-0.4, -0.2) is 6.04 Å². The van der Waals surface area contributed by atoms with E-state index >= 15 is 0 Å². The Morgan fingerprint density at radius 1 is 1.00 bits per heavy atom. The average molecular weight is 169 g/mol. The minimum absolute atomic E-state index is 0.484. The molecule has 1 rings (SSSR count). The normalized spacial score (nSPS) is 33.0. The van der Waals surface area contributed by atoms with E-state index in [1.165, 1.54) is 32.1 Å². The highest BCUT2D eigenvalue weighted by Crippen LogP contribution is 2.36. The summed E-state index contributed by atoms with van der Waals surface area (Å²) in [5, 5.41) is 0. The van der Waals surface area contributed by atoms with Gasteiger partial charge in [-0.1, -0.05) is 27.2 Å². The minimum atomic E-state index is 0.484. The Labute approximate surface area is 76.7 Å². The van der Waals surface area contributed by atoms with Gasteiger partial charge in [-0.3, -0.25) is 0 Å². The van der Waals surface area contributed by atoms with Gasteiger partial charge in [0.2, 0.25) is 0 Å². The Kier molecular flexibility index (Phi) is 3.16. The lowest BCUT2D eigenvalue weighted by atomic mass is 9.76. The van der Waals surface area contributed by atoms with Crippen molar-refractivity contribution in [2.45, 2.75) is 58.9 Å². The SMILES string of the molecule is CC(C)(C)[C@H]1CCC[C@@H](N)CC1. The van der Waals surface area contributed by atoms with Gasteiger partial charge in [-0.25, -0.2) is 0 Å². The van der Waals surface area contributed by atoms with Crippen molar-refractivity contribution in [2.24, 2.45) is 17.1 Å². The molecule has 1 fully saturated rings. The monoisotopic (exact) mass is 169 g/mol. The van der Waals surface area contributed by atoms with Crippen molar-refractivity contribution < 1.29 is 0 Å². The van der Waals surface area contributed by atoms with E-state index < -0.39 is 0 Å². The first-order valence-electron chi connectivity index (χ1n) is 5.26. The van der Waals surface area contributed by atoms with Crippen LogP contribution in [-0.2, 0) is 0 Å². The lowest BCUT2D eigenvalue weighted by Crippen LogP contribution is -2.21. The second kappa shape index (κ2) is 3.78. The molecule has 0 aromatic heterocycles. The number of hydrogen-bond acceptors (Lipinski definition) is 1. The molecule has 12 heavy (non-hydrogen) atoms. The van der Waals surface area contributed by atoms with E-state index in [2.05, 4.69) is 20.8 Å². The molecule has 0 aliphatic heterocycles. The zero-order valence-corrected chi connectivity index (χ0v) is 8.77. The number of rotatable bonds is 0. The van der Waals surface area contributed by atoms with E-state index in [-0.39, 0.29) is 0 Å². The fourth-order valence-corrected chi connectivity index (χ4v) is 2.20. The summed E-state index contributed by atoms with van der Waals surface area (Å²) in [6.45, 7) is 7.07. The summed E-state index contributed by atoms with van der Waals surface area (Å²) in [6.07, 6.45) is 6.54. The fraction of sp³-hybridized carbons (Fsp3) is 1.00. The summed E-state index contributed by atoms with van der Waals surface area (Å²) in [5.41, 5.74) is 6.43. The molecule has 72 valence electrons. The zero-order valence-electron chi connectivity index (χ0n) is 8.77. The van der Waals surface area contributed by atoms with Crippen molar-refractivity contribution in [3.8, 4) is 0 Å². The van der Waals surface area contributed by atoms with Gasteiger partial charge in [-0.2, -0.15) is 0 Å². The molecule has 1 saturated carbocycles. The van der Waals surface area contributed by atoms with E-state index in [0.29, 0.717) is 11.5 Å². The molecular weight excluding hydrogens is 146 g/mol. The van der Waals surface area contributed by atoms with Crippen LogP contribution in [0.1, 0.15) is 52.9 Å². The average Bonchev–Trinajstić information content (AvgIpc) is 2.11. The summed E-state index contributed by atoms with van der Waals surface area (Å²) >= 11 is 0. The van der Waals surface area contributed by atoms with E-state index in [0.717, 1.165) is 5.92 Å². The Morgan fingerprint density at radius 3 is 2.25 bits per heavy atom. The van der Waals surface area contributed by atoms with Gasteiger partial charge in [0, 0.05) is 6.04 Å². The molecular formula is C11H23N. The summed E-state index contributed by atoms with van der Waals surface area (Å²) in [4.78, 5) is 0. The van der Waals surface area contributed by atoms with Crippen LogP contribution in [0.15, 0.2) is 0 Å². The van der Waals surface area contributed by atoms with Gasteiger partial charge >= 0.3 is 0 Å². The van der Waals surface area contributed by atoms with Crippen LogP contribution < -0.4 is 5.73 Å². The second-order valence-corrected chi connectivity index (χ2v) is 5.33. The molecule has 1 nitrogen and oxygen atoms in total. The van der Waals surface area contributed by atoms with Gasteiger partial charge in [0.15, 0.2) is 0 Å². The molecule has 0 heterocycles. The second-order valence-electron chi connectivity index (χ2n) is 5.33. The van der Waals surface area contributed by atoms with E-state index in [1.54, 1.807) is 0 Å². The molecule has 0 radical (unpaired) electrons. The molecule has 0 unspecified atom stereocenters. The molecule has 1 aliphatic carbocycles. The molecule has 1 aliphatic rings. The topological polar surface area (TPSA) is 26.0 Å². The van der Waals surface area contributed by atoms with E-state index in [1.807, 2.05) is 0 Å². The van der Waals surface area contributed by atoms with Crippen LogP contribution in [0.2, 0.25) is 0 Å². The minimum Gasteiger partial charge on any atom is -0.328 e. The first kappa shape index (κ1) is 10.0. The molecule has 2 N–H and O–H groups in total. The fourth-order valence-electron chi connectivity index (χ4n) is 2.20. The van der Waals surface area contributed by atoms with Gasteiger partial charge in [0.25, 0.3) is 0 Å².